The molecule has 8 aromatic carbocycles. The first-order valence-electron chi connectivity index (χ1n) is 20.9. The minimum absolute atomic E-state index is 0.655. The molecule has 5 nitrogen and oxygen atoms in total. The first kappa shape index (κ1) is 36.8. The highest BCUT2D eigenvalue weighted by atomic mass is 15.0. The van der Waals surface area contributed by atoms with Gasteiger partial charge in [0, 0.05) is 44.2 Å². The van der Waals surface area contributed by atoms with Gasteiger partial charge in [-0.05, 0) is 60.0 Å². The van der Waals surface area contributed by atoms with E-state index in [0.29, 0.717) is 11.6 Å². The first-order valence-corrected chi connectivity index (χ1v) is 20.9. The number of para-hydroxylation sites is 1. The van der Waals surface area contributed by atoms with Gasteiger partial charge < -0.3 is 4.57 Å². The van der Waals surface area contributed by atoms with Gasteiger partial charge in [0.2, 0.25) is 0 Å². The molecule has 0 fully saturated rings. The van der Waals surface area contributed by atoms with Crippen molar-refractivity contribution in [3.63, 3.8) is 0 Å². The van der Waals surface area contributed by atoms with Crippen LogP contribution in [0.2, 0.25) is 0 Å². The Kier molecular flexibility index (Phi) is 9.32. The molecule has 11 rings (SSSR count). The van der Waals surface area contributed by atoms with E-state index in [0.717, 1.165) is 72.9 Å². The van der Waals surface area contributed by atoms with Crippen LogP contribution in [0.15, 0.2) is 218 Å². The Morgan fingerprint density at radius 1 is 0.306 bits per heavy atom. The fourth-order valence-corrected chi connectivity index (χ4v) is 8.52. The fourth-order valence-electron chi connectivity index (χ4n) is 8.52. The van der Waals surface area contributed by atoms with Crippen LogP contribution in [0, 0.1) is 6.92 Å². The average molecular weight is 794 g/mol. The summed E-state index contributed by atoms with van der Waals surface area (Å²) in [5.41, 5.74) is 16.0. The molecular weight excluding hydrogens is 755 g/mol. The lowest BCUT2D eigenvalue weighted by atomic mass is 9.99. The van der Waals surface area contributed by atoms with E-state index < -0.39 is 0 Å². The monoisotopic (exact) mass is 793 g/mol. The average Bonchev–Trinajstić information content (AvgIpc) is 3.68. The van der Waals surface area contributed by atoms with E-state index in [-0.39, 0.29) is 0 Å². The minimum atomic E-state index is 0.655. The van der Waals surface area contributed by atoms with Crippen LogP contribution < -0.4 is 0 Å². The van der Waals surface area contributed by atoms with E-state index >= 15 is 0 Å². The maximum Gasteiger partial charge on any atom is 0.160 e. The molecule has 5 heteroatoms. The molecule has 3 heterocycles. The third-order valence-electron chi connectivity index (χ3n) is 11.6. The maximum absolute atomic E-state index is 5.41. The largest absolute Gasteiger partial charge is 0.309 e. The lowest BCUT2D eigenvalue weighted by molar-refractivity contribution is 1.15. The van der Waals surface area contributed by atoms with E-state index in [2.05, 4.69) is 169 Å². The highest BCUT2D eigenvalue weighted by molar-refractivity contribution is 6.11. The molecule has 11 aromatic rings. The summed E-state index contributed by atoms with van der Waals surface area (Å²) < 4.78 is 2.41. The van der Waals surface area contributed by atoms with Gasteiger partial charge in [0.15, 0.2) is 11.6 Å². The zero-order valence-corrected chi connectivity index (χ0v) is 34.0. The molecule has 0 aliphatic rings. The van der Waals surface area contributed by atoms with Crippen LogP contribution in [0.25, 0.3) is 106 Å². The second-order valence-corrected chi connectivity index (χ2v) is 15.5. The SMILES string of the molecule is Cc1ccccc1-c1ccc2c3ccccc3n(-c3ccc(-c4cc(-c5ccccc5)nc(-c5ccccc5)n4)cc3-c3cc(-c4ccccc4)nc(-c4ccccc4)n3)c2c1. The van der Waals surface area contributed by atoms with Crippen LogP contribution in [-0.4, -0.2) is 24.5 Å². The molecule has 0 atom stereocenters. The normalized spacial score (nSPS) is 11.3. The zero-order valence-electron chi connectivity index (χ0n) is 34.0. The van der Waals surface area contributed by atoms with Crippen molar-refractivity contribution in [1.29, 1.82) is 0 Å². The van der Waals surface area contributed by atoms with Crippen LogP contribution in [0.1, 0.15) is 5.56 Å². The van der Waals surface area contributed by atoms with Crippen molar-refractivity contribution in [3.05, 3.63) is 224 Å². The van der Waals surface area contributed by atoms with E-state index in [4.69, 9.17) is 19.9 Å². The molecule has 0 unspecified atom stereocenters. The summed E-state index contributed by atoms with van der Waals surface area (Å²) >= 11 is 0. The van der Waals surface area contributed by atoms with Crippen molar-refractivity contribution < 1.29 is 0 Å². The Hall–Kier alpha value is -8.28. The number of hydrogen-bond acceptors (Lipinski definition) is 4. The van der Waals surface area contributed by atoms with Gasteiger partial charge >= 0.3 is 0 Å². The number of rotatable bonds is 8. The number of hydrogen-bond donors (Lipinski definition) is 0. The first-order chi connectivity index (χ1) is 30.6. The van der Waals surface area contributed by atoms with E-state index in [1.165, 1.54) is 27.5 Å². The smallest absolute Gasteiger partial charge is 0.160 e. The summed E-state index contributed by atoms with van der Waals surface area (Å²) in [5, 5.41) is 2.36. The Balaban J connectivity index is 1.21. The lowest BCUT2D eigenvalue weighted by Gasteiger charge is -2.17. The topological polar surface area (TPSA) is 56.5 Å². The van der Waals surface area contributed by atoms with Gasteiger partial charge in [-0.3, -0.25) is 0 Å². The predicted molar refractivity (Wildman–Crippen MR) is 255 cm³/mol. The van der Waals surface area contributed by atoms with Crippen molar-refractivity contribution in [2.75, 3.05) is 0 Å². The molecule has 0 N–H and O–H groups in total. The standard InChI is InChI=1S/C57H39N5/c1-38-18-14-15-27-45(38)43-30-32-47-46-28-16-17-29-53(46)62(55(47)35-43)54-33-31-44(51-36-49(39-19-6-2-7-20-39)58-56(60-51)41-23-10-4-11-24-41)34-48(54)52-37-50(40-21-8-3-9-22-40)59-57(61-52)42-25-12-5-13-26-42/h2-37H,1H3. The van der Waals surface area contributed by atoms with Crippen LogP contribution in [0.3, 0.4) is 0 Å². The summed E-state index contributed by atoms with van der Waals surface area (Å²) in [7, 11) is 0. The van der Waals surface area contributed by atoms with Crippen LogP contribution >= 0.6 is 0 Å². The van der Waals surface area contributed by atoms with Crippen molar-refractivity contribution in [2.45, 2.75) is 6.92 Å². The Bertz CT molecular complexity index is 3280. The van der Waals surface area contributed by atoms with Crippen molar-refractivity contribution in [2.24, 2.45) is 0 Å². The number of aromatic nitrogens is 5. The Labute approximate surface area is 360 Å². The Morgan fingerprint density at radius 2 is 0.774 bits per heavy atom. The summed E-state index contributed by atoms with van der Waals surface area (Å²) in [5.74, 6) is 1.32. The van der Waals surface area contributed by atoms with Crippen molar-refractivity contribution in [1.82, 2.24) is 24.5 Å². The van der Waals surface area contributed by atoms with Gasteiger partial charge in [-0.25, -0.2) is 19.9 Å². The molecule has 0 amide bonds. The molecule has 3 aromatic heterocycles. The molecule has 0 saturated carbocycles. The van der Waals surface area contributed by atoms with Gasteiger partial charge in [-0.1, -0.05) is 182 Å². The van der Waals surface area contributed by atoms with Crippen molar-refractivity contribution in [3.8, 4) is 84.6 Å². The quantitative estimate of drug-likeness (QED) is 0.154. The van der Waals surface area contributed by atoms with Gasteiger partial charge in [0.05, 0.1) is 39.5 Å². The second-order valence-electron chi connectivity index (χ2n) is 15.5. The molecule has 0 aliphatic heterocycles. The van der Waals surface area contributed by atoms with Crippen LogP contribution in [0.4, 0.5) is 0 Å². The molecular formula is C57H39N5. The highest BCUT2D eigenvalue weighted by Gasteiger charge is 2.21. The summed E-state index contributed by atoms with van der Waals surface area (Å²) in [4.78, 5) is 21.0. The number of nitrogens with zero attached hydrogens (tertiary/aromatic N) is 5. The zero-order chi connectivity index (χ0) is 41.4. The Morgan fingerprint density at radius 3 is 1.39 bits per heavy atom. The van der Waals surface area contributed by atoms with Gasteiger partial charge in [0.25, 0.3) is 0 Å². The molecule has 0 aliphatic carbocycles. The number of aryl methyl sites for hydroxylation is 1. The van der Waals surface area contributed by atoms with Crippen LogP contribution in [0.5, 0.6) is 0 Å². The second kappa shape index (κ2) is 15.7. The number of fused-ring (bicyclic) bond motifs is 3. The fraction of sp³-hybridized carbons (Fsp3) is 0.0175. The van der Waals surface area contributed by atoms with E-state index in [9.17, 15) is 0 Å². The van der Waals surface area contributed by atoms with E-state index in [1.807, 2.05) is 60.7 Å². The lowest BCUT2D eigenvalue weighted by Crippen LogP contribution is -2.02. The molecule has 0 spiro atoms. The molecule has 0 bridgehead atoms. The third-order valence-corrected chi connectivity index (χ3v) is 11.6. The summed E-state index contributed by atoms with van der Waals surface area (Å²) in [6.07, 6.45) is 0. The van der Waals surface area contributed by atoms with E-state index in [1.54, 1.807) is 0 Å². The molecule has 292 valence electrons. The highest BCUT2D eigenvalue weighted by Crippen LogP contribution is 2.41. The summed E-state index contributed by atoms with van der Waals surface area (Å²) in [6.45, 7) is 2.18. The van der Waals surface area contributed by atoms with Gasteiger partial charge in [0.1, 0.15) is 0 Å². The van der Waals surface area contributed by atoms with Gasteiger partial charge in [-0.2, -0.15) is 0 Å². The summed E-state index contributed by atoms with van der Waals surface area (Å²) in [6, 6.07) is 76.1. The molecule has 0 radical (unpaired) electrons. The third kappa shape index (κ3) is 6.82. The maximum atomic E-state index is 5.41. The number of benzene rings is 8. The molecule has 0 saturated heterocycles. The van der Waals surface area contributed by atoms with Gasteiger partial charge in [-0.15, -0.1) is 0 Å². The van der Waals surface area contributed by atoms with Crippen LogP contribution in [-0.2, 0) is 0 Å². The predicted octanol–water partition coefficient (Wildman–Crippen LogP) is 14.3. The molecule has 62 heavy (non-hydrogen) atoms. The minimum Gasteiger partial charge on any atom is -0.309 e. The van der Waals surface area contributed by atoms with Crippen molar-refractivity contribution >= 4 is 21.8 Å².